The third-order valence-electron chi connectivity index (χ3n) is 4.42. The van der Waals surface area contributed by atoms with Crippen LogP contribution in [0, 0.1) is 15.9 Å². The molecule has 0 spiro atoms. The number of fused-ring (bicyclic) bond motifs is 1. The average molecular weight is 387 g/mol. The Kier molecular flexibility index (Phi) is 4.70. The van der Waals surface area contributed by atoms with E-state index in [1.165, 1.54) is 28.8 Å². The van der Waals surface area contributed by atoms with Crippen LogP contribution in [0.2, 0.25) is 0 Å². The summed E-state index contributed by atoms with van der Waals surface area (Å²) in [6.07, 6.45) is 3.25. The van der Waals surface area contributed by atoms with E-state index in [4.69, 9.17) is 0 Å². The Labute approximate surface area is 164 Å². The van der Waals surface area contributed by atoms with E-state index in [-0.39, 0.29) is 22.8 Å². The molecule has 6 nitrogen and oxygen atoms in total. The fraction of sp³-hybridized carbons (Fsp3) is 0. The molecule has 0 amide bonds. The molecular formula is C22H14FN3O3. The van der Waals surface area contributed by atoms with Crippen LogP contribution in [0.1, 0.15) is 11.4 Å². The number of halogens is 1. The van der Waals surface area contributed by atoms with E-state index >= 15 is 0 Å². The van der Waals surface area contributed by atoms with Crippen molar-refractivity contribution in [2.45, 2.75) is 0 Å². The van der Waals surface area contributed by atoms with E-state index < -0.39 is 10.7 Å². The van der Waals surface area contributed by atoms with Gasteiger partial charge in [-0.3, -0.25) is 19.5 Å². The largest absolute Gasteiger partial charge is 0.269 e. The summed E-state index contributed by atoms with van der Waals surface area (Å²) in [6, 6.07) is 18.8. The minimum atomic E-state index is -0.545. The fourth-order valence-corrected chi connectivity index (χ4v) is 3.01. The van der Waals surface area contributed by atoms with Crippen LogP contribution in [0.4, 0.5) is 10.1 Å². The molecule has 0 aliphatic carbocycles. The Morgan fingerprint density at radius 2 is 1.62 bits per heavy atom. The molecule has 4 rings (SSSR count). The number of non-ortho nitro benzene ring substituents is 1. The first-order valence-corrected chi connectivity index (χ1v) is 8.74. The van der Waals surface area contributed by atoms with Crippen molar-refractivity contribution in [3.05, 3.63) is 110 Å². The smallest absolute Gasteiger partial charge is 0.268 e. The maximum Gasteiger partial charge on any atom is 0.269 e. The summed E-state index contributed by atoms with van der Waals surface area (Å²) in [5.74, 6) is -0.297. The number of hydrogen-bond acceptors (Lipinski definition) is 4. The average Bonchev–Trinajstić information content (AvgIpc) is 2.73. The van der Waals surface area contributed by atoms with Gasteiger partial charge in [0, 0.05) is 12.1 Å². The molecule has 0 fully saturated rings. The normalized spacial score (nSPS) is 11.2. The molecule has 0 unspecified atom stereocenters. The van der Waals surface area contributed by atoms with Crippen LogP contribution >= 0.6 is 0 Å². The topological polar surface area (TPSA) is 78.0 Å². The van der Waals surface area contributed by atoms with Gasteiger partial charge in [-0.15, -0.1) is 0 Å². The van der Waals surface area contributed by atoms with Crippen LogP contribution in [-0.2, 0) is 0 Å². The number of nitrogens with zero attached hydrogens (tertiary/aromatic N) is 3. The number of nitro groups is 1. The van der Waals surface area contributed by atoms with Crippen LogP contribution < -0.4 is 5.56 Å². The maximum absolute atomic E-state index is 14.4. The van der Waals surface area contributed by atoms with E-state index in [1.54, 1.807) is 60.7 Å². The first-order valence-electron chi connectivity index (χ1n) is 8.74. The van der Waals surface area contributed by atoms with Gasteiger partial charge < -0.3 is 0 Å². The van der Waals surface area contributed by atoms with Crippen LogP contribution in [0.5, 0.6) is 0 Å². The van der Waals surface area contributed by atoms with Gasteiger partial charge in [0.25, 0.3) is 11.2 Å². The number of para-hydroxylation sites is 2. The molecule has 1 heterocycles. The van der Waals surface area contributed by atoms with Crippen molar-refractivity contribution in [2.75, 3.05) is 0 Å². The summed E-state index contributed by atoms with van der Waals surface area (Å²) in [5, 5.41) is 11.2. The van der Waals surface area contributed by atoms with Gasteiger partial charge in [-0.1, -0.05) is 30.3 Å². The maximum atomic E-state index is 14.4. The second-order valence-corrected chi connectivity index (χ2v) is 6.26. The van der Waals surface area contributed by atoms with Crippen LogP contribution in [0.15, 0.2) is 77.6 Å². The molecule has 0 N–H and O–H groups in total. The van der Waals surface area contributed by atoms with Crippen molar-refractivity contribution in [1.82, 2.24) is 9.55 Å². The van der Waals surface area contributed by atoms with Gasteiger partial charge >= 0.3 is 0 Å². The zero-order valence-corrected chi connectivity index (χ0v) is 15.0. The zero-order chi connectivity index (χ0) is 20.4. The lowest BCUT2D eigenvalue weighted by atomic mass is 10.2. The van der Waals surface area contributed by atoms with Crippen LogP contribution in [0.3, 0.4) is 0 Å². The van der Waals surface area contributed by atoms with Crippen molar-refractivity contribution < 1.29 is 9.31 Å². The Bertz CT molecular complexity index is 1310. The van der Waals surface area contributed by atoms with Crippen molar-refractivity contribution in [3.8, 4) is 5.69 Å². The highest BCUT2D eigenvalue weighted by molar-refractivity contribution is 5.80. The third kappa shape index (κ3) is 3.53. The van der Waals surface area contributed by atoms with Gasteiger partial charge in [0.05, 0.1) is 21.5 Å². The summed E-state index contributed by atoms with van der Waals surface area (Å²) in [5.41, 5.74) is 0.865. The van der Waals surface area contributed by atoms with E-state index in [0.29, 0.717) is 16.5 Å². The van der Waals surface area contributed by atoms with Gasteiger partial charge in [-0.25, -0.2) is 9.37 Å². The highest BCUT2D eigenvalue weighted by Crippen LogP contribution is 2.18. The van der Waals surface area contributed by atoms with Gasteiger partial charge in [0.2, 0.25) is 0 Å². The molecule has 0 atom stereocenters. The van der Waals surface area contributed by atoms with Crippen LogP contribution in [0.25, 0.3) is 28.7 Å². The Hall–Kier alpha value is -4.13. The van der Waals surface area contributed by atoms with Crippen molar-refractivity contribution in [1.29, 1.82) is 0 Å². The molecule has 1 aromatic heterocycles. The van der Waals surface area contributed by atoms with Gasteiger partial charge in [0.15, 0.2) is 0 Å². The minimum Gasteiger partial charge on any atom is -0.268 e. The number of rotatable bonds is 4. The summed E-state index contributed by atoms with van der Waals surface area (Å²) in [6.45, 7) is 0. The molecule has 3 aromatic carbocycles. The predicted octanol–water partition coefficient (Wildman–Crippen LogP) is 4.60. The first kappa shape index (κ1) is 18.2. The Morgan fingerprint density at radius 3 is 2.34 bits per heavy atom. The summed E-state index contributed by atoms with van der Waals surface area (Å²) in [7, 11) is 0. The fourth-order valence-electron chi connectivity index (χ4n) is 3.01. The van der Waals surface area contributed by atoms with E-state index in [9.17, 15) is 19.3 Å². The molecule has 0 aliphatic heterocycles. The molecule has 142 valence electrons. The van der Waals surface area contributed by atoms with Crippen molar-refractivity contribution in [3.63, 3.8) is 0 Å². The van der Waals surface area contributed by atoms with Gasteiger partial charge in [0.1, 0.15) is 11.6 Å². The number of benzene rings is 3. The standard InChI is InChI=1S/C22H14FN3O3/c23-18-6-2-4-8-20(18)25-21(24-19-7-3-1-5-17(19)22(25)27)14-11-15-9-12-16(13-10-15)26(28)29/h1-14H/b14-11+. The lowest BCUT2D eigenvalue weighted by Crippen LogP contribution is -2.23. The van der Waals surface area contributed by atoms with Crippen molar-refractivity contribution in [2.24, 2.45) is 0 Å². The third-order valence-corrected chi connectivity index (χ3v) is 4.42. The number of aromatic nitrogens is 2. The molecule has 29 heavy (non-hydrogen) atoms. The lowest BCUT2D eigenvalue weighted by molar-refractivity contribution is -0.384. The second-order valence-electron chi connectivity index (χ2n) is 6.26. The monoisotopic (exact) mass is 387 g/mol. The SMILES string of the molecule is O=c1c2ccccc2nc(/C=C/c2ccc([N+](=O)[O-])cc2)n1-c1ccccc1F. The molecule has 7 heteroatoms. The molecule has 0 saturated carbocycles. The van der Waals surface area contributed by atoms with Gasteiger partial charge in [-0.05, 0) is 48.0 Å². The quantitative estimate of drug-likeness (QED) is 0.379. The predicted molar refractivity (Wildman–Crippen MR) is 109 cm³/mol. The molecular weight excluding hydrogens is 373 g/mol. The molecule has 0 radical (unpaired) electrons. The summed E-state index contributed by atoms with van der Waals surface area (Å²) in [4.78, 5) is 27.9. The zero-order valence-electron chi connectivity index (χ0n) is 15.0. The summed E-state index contributed by atoms with van der Waals surface area (Å²) < 4.78 is 15.7. The molecule has 0 aliphatic rings. The highest BCUT2D eigenvalue weighted by atomic mass is 19.1. The Balaban J connectivity index is 1.89. The first-order chi connectivity index (χ1) is 14.0. The molecule has 4 aromatic rings. The van der Waals surface area contributed by atoms with E-state index in [1.807, 2.05) is 0 Å². The lowest BCUT2D eigenvalue weighted by Gasteiger charge is -2.12. The van der Waals surface area contributed by atoms with E-state index in [2.05, 4.69) is 4.98 Å². The molecule has 0 saturated heterocycles. The summed E-state index contributed by atoms with van der Waals surface area (Å²) >= 11 is 0. The van der Waals surface area contributed by atoms with Crippen LogP contribution in [-0.4, -0.2) is 14.5 Å². The second kappa shape index (κ2) is 7.47. The van der Waals surface area contributed by atoms with Gasteiger partial charge in [-0.2, -0.15) is 0 Å². The van der Waals surface area contributed by atoms with Crippen molar-refractivity contribution >= 4 is 28.7 Å². The minimum absolute atomic E-state index is 0.0192. The highest BCUT2D eigenvalue weighted by Gasteiger charge is 2.13. The number of hydrogen-bond donors (Lipinski definition) is 0. The number of nitro benzene ring substituents is 1. The van der Waals surface area contributed by atoms with E-state index in [0.717, 1.165) is 0 Å². The Morgan fingerprint density at radius 1 is 0.931 bits per heavy atom. The molecule has 0 bridgehead atoms.